The van der Waals surface area contributed by atoms with Gasteiger partial charge in [0.25, 0.3) is 5.91 Å². The Balaban J connectivity index is 2.03. The lowest BCUT2D eigenvalue weighted by Gasteiger charge is -2.06. The summed E-state index contributed by atoms with van der Waals surface area (Å²) in [6.07, 6.45) is -4.81. The van der Waals surface area contributed by atoms with E-state index in [1.165, 1.54) is 22.1 Å². The molecule has 0 saturated heterocycles. The number of rotatable bonds is 2. The van der Waals surface area contributed by atoms with Crippen molar-refractivity contribution in [3.8, 4) is 10.8 Å². The zero-order valence-corrected chi connectivity index (χ0v) is 13.6. The Bertz CT molecular complexity index is 945. The molecule has 0 unspecified atom stereocenters. The first-order valence-electron chi connectivity index (χ1n) is 6.56. The van der Waals surface area contributed by atoms with Gasteiger partial charge in [-0.2, -0.15) is 0 Å². The number of phenols is 1. The fourth-order valence-electron chi connectivity index (χ4n) is 2.36. The van der Waals surface area contributed by atoms with E-state index in [1.807, 2.05) is 0 Å². The second-order valence-corrected chi connectivity index (χ2v) is 6.21. The van der Waals surface area contributed by atoms with E-state index in [1.54, 1.807) is 13.0 Å². The van der Waals surface area contributed by atoms with Gasteiger partial charge in [0.05, 0.1) is 16.1 Å². The van der Waals surface area contributed by atoms with Gasteiger partial charge >= 0.3 is 6.36 Å². The third-order valence-electron chi connectivity index (χ3n) is 3.32. The Kier molecular flexibility index (Phi) is 3.97. The number of alkyl halides is 3. The maximum atomic E-state index is 12.6. The minimum atomic E-state index is -4.81. The van der Waals surface area contributed by atoms with Crippen LogP contribution < -0.4 is 4.74 Å². The van der Waals surface area contributed by atoms with Crippen LogP contribution in [0.25, 0.3) is 10.9 Å². The van der Waals surface area contributed by atoms with E-state index in [2.05, 4.69) is 4.74 Å². The maximum absolute atomic E-state index is 12.6. The van der Waals surface area contributed by atoms with Crippen LogP contribution in [0.3, 0.4) is 0 Å². The molecule has 3 aromatic rings. The van der Waals surface area contributed by atoms with E-state index < -0.39 is 17.3 Å². The molecule has 0 saturated carbocycles. The number of nitrogens with zero attached hydrogens (tertiary/aromatic N) is 1. The topological polar surface area (TPSA) is 51.5 Å². The predicted molar refractivity (Wildman–Crippen MR) is 84.1 cm³/mol. The number of aromatic hydroxyl groups is 1. The van der Waals surface area contributed by atoms with Gasteiger partial charge in [0.1, 0.15) is 5.75 Å². The molecule has 1 N–H and O–H groups in total. The van der Waals surface area contributed by atoms with E-state index in [9.17, 15) is 23.1 Å². The van der Waals surface area contributed by atoms with Crippen LogP contribution >= 0.6 is 22.9 Å². The number of phenolic OH excluding ortho intramolecular Hbond substituents is 1. The summed E-state index contributed by atoms with van der Waals surface area (Å²) < 4.78 is 41.8. The highest BCUT2D eigenvalue weighted by molar-refractivity contribution is 7.12. The van der Waals surface area contributed by atoms with Gasteiger partial charge in [-0.1, -0.05) is 11.6 Å². The van der Waals surface area contributed by atoms with Crippen LogP contribution in [0, 0.1) is 6.92 Å². The molecule has 0 aliphatic heterocycles. The molecule has 2 aromatic heterocycles. The summed E-state index contributed by atoms with van der Waals surface area (Å²) in [6, 6.07) is 5.52. The van der Waals surface area contributed by atoms with Gasteiger partial charge in [0.15, 0.2) is 5.06 Å². The summed E-state index contributed by atoms with van der Waals surface area (Å²) in [5.74, 6) is -0.636. The molecule has 126 valence electrons. The third kappa shape index (κ3) is 2.94. The largest absolute Gasteiger partial charge is 0.573 e. The highest BCUT2D eigenvalue weighted by Gasteiger charge is 2.32. The molecule has 0 bridgehead atoms. The highest BCUT2D eigenvalue weighted by atomic mass is 35.5. The second-order valence-electron chi connectivity index (χ2n) is 4.96. The van der Waals surface area contributed by atoms with Gasteiger partial charge in [0, 0.05) is 22.5 Å². The molecule has 0 atom stereocenters. The van der Waals surface area contributed by atoms with Gasteiger partial charge in [-0.15, -0.1) is 24.5 Å². The number of carbonyl (C=O) groups excluding carboxylic acids is 1. The fourth-order valence-corrected chi connectivity index (χ4v) is 3.33. The van der Waals surface area contributed by atoms with E-state index in [4.69, 9.17) is 11.6 Å². The van der Waals surface area contributed by atoms with Crippen LogP contribution in [0.1, 0.15) is 16.1 Å². The number of halogens is 4. The number of aromatic nitrogens is 1. The highest BCUT2D eigenvalue weighted by Crippen LogP contribution is 2.35. The predicted octanol–water partition coefficient (Wildman–Crippen LogP) is 4.96. The van der Waals surface area contributed by atoms with Crippen LogP contribution in [0.2, 0.25) is 5.02 Å². The standard InChI is InChI=1S/C15H9ClF3NO3S/c1-7-4-9-10(2-3-11(21)13(9)16)20(7)14(22)8-5-12(24-6-8)23-15(17,18)19/h2-6,21H,1H3. The van der Waals surface area contributed by atoms with Crippen molar-refractivity contribution >= 4 is 39.7 Å². The summed E-state index contributed by atoms with van der Waals surface area (Å²) in [5.41, 5.74) is 1.04. The number of hydrogen-bond donors (Lipinski definition) is 1. The van der Waals surface area contributed by atoms with Crippen LogP contribution in [0.5, 0.6) is 10.8 Å². The van der Waals surface area contributed by atoms with Crippen molar-refractivity contribution in [1.82, 2.24) is 4.57 Å². The summed E-state index contributed by atoms with van der Waals surface area (Å²) >= 11 is 6.70. The normalized spacial score (nSPS) is 11.9. The molecule has 0 fully saturated rings. The minimum Gasteiger partial charge on any atom is -0.506 e. The number of thiophene rings is 1. The van der Waals surface area contributed by atoms with Gasteiger partial charge < -0.3 is 9.84 Å². The molecule has 0 spiro atoms. The average molecular weight is 376 g/mol. The van der Waals surface area contributed by atoms with Crippen molar-refractivity contribution in [3.05, 3.63) is 45.9 Å². The smallest absolute Gasteiger partial charge is 0.506 e. The Morgan fingerprint density at radius 2 is 2.04 bits per heavy atom. The maximum Gasteiger partial charge on any atom is 0.573 e. The Morgan fingerprint density at radius 1 is 1.33 bits per heavy atom. The molecule has 0 amide bonds. The van der Waals surface area contributed by atoms with E-state index in [0.29, 0.717) is 27.9 Å². The van der Waals surface area contributed by atoms with Crippen LogP contribution in [-0.2, 0) is 0 Å². The van der Waals surface area contributed by atoms with E-state index >= 15 is 0 Å². The average Bonchev–Trinajstić information content (AvgIpc) is 3.05. The molecule has 0 radical (unpaired) electrons. The zero-order chi connectivity index (χ0) is 17.6. The van der Waals surface area contributed by atoms with Crippen molar-refractivity contribution in [1.29, 1.82) is 0 Å². The molecule has 0 aliphatic rings. The van der Waals surface area contributed by atoms with Crippen molar-refractivity contribution in [2.24, 2.45) is 0 Å². The van der Waals surface area contributed by atoms with Crippen LogP contribution in [-0.4, -0.2) is 21.9 Å². The first-order valence-corrected chi connectivity index (χ1v) is 7.81. The second kappa shape index (κ2) is 5.71. The van der Waals surface area contributed by atoms with Crippen LogP contribution in [0.4, 0.5) is 13.2 Å². The van der Waals surface area contributed by atoms with Crippen molar-refractivity contribution in [2.75, 3.05) is 0 Å². The molecule has 24 heavy (non-hydrogen) atoms. The Hall–Kier alpha value is -2.19. The quantitative estimate of drug-likeness (QED) is 0.689. The first kappa shape index (κ1) is 16.7. The Morgan fingerprint density at radius 3 is 2.71 bits per heavy atom. The molecular formula is C15H9ClF3NO3S. The number of benzene rings is 1. The molecular weight excluding hydrogens is 367 g/mol. The number of carbonyl (C=O) groups is 1. The van der Waals surface area contributed by atoms with Gasteiger partial charge in [-0.3, -0.25) is 9.36 Å². The molecule has 4 nitrogen and oxygen atoms in total. The summed E-state index contributed by atoms with van der Waals surface area (Å²) in [6.45, 7) is 1.66. The lowest BCUT2D eigenvalue weighted by Crippen LogP contribution is -2.16. The molecule has 0 aliphatic carbocycles. The van der Waals surface area contributed by atoms with Crippen molar-refractivity contribution in [3.63, 3.8) is 0 Å². The molecule has 2 heterocycles. The van der Waals surface area contributed by atoms with Gasteiger partial charge in [-0.05, 0) is 25.1 Å². The Labute approximate surface area is 142 Å². The third-order valence-corrected chi connectivity index (χ3v) is 4.53. The zero-order valence-electron chi connectivity index (χ0n) is 12.0. The minimum absolute atomic E-state index is 0.0593. The summed E-state index contributed by atoms with van der Waals surface area (Å²) in [7, 11) is 0. The van der Waals surface area contributed by atoms with Gasteiger partial charge in [0.2, 0.25) is 0 Å². The monoisotopic (exact) mass is 375 g/mol. The van der Waals surface area contributed by atoms with Crippen molar-refractivity contribution in [2.45, 2.75) is 13.3 Å². The fraction of sp³-hybridized carbons (Fsp3) is 0.133. The SMILES string of the molecule is Cc1cc2c(Cl)c(O)ccc2n1C(=O)c1csc(OC(F)(F)F)c1. The number of aryl methyl sites for hydroxylation is 1. The number of ether oxygens (including phenoxy) is 1. The molecule has 3 rings (SSSR count). The molecule has 9 heteroatoms. The van der Waals surface area contributed by atoms with Crippen molar-refractivity contribution < 1.29 is 27.8 Å². The summed E-state index contributed by atoms with van der Waals surface area (Å²) in [5, 5.41) is 11.1. The number of hydrogen-bond acceptors (Lipinski definition) is 4. The van der Waals surface area contributed by atoms with Gasteiger partial charge in [-0.25, -0.2) is 0 Å². The van der Waals surface area contributed by atoms with E-state index in [-0.39, 0.29) is 16.3 Å². The van der Waals surface area contributed by atoms with Crippen LogP contribution in [0.15, 0.2) is 29.6 Å². The summed E-state index contributed by atoms with van der Waals surface area (Å²) in [4.78, 5) is 12.6. The first-order chi connectivity index (χ1) is 11.2. The lowest BCUT2D eigenvalue weighted by atomic mass is 10.2. The number of fused-ring (bicyclic) bond motifs is 1. The van der Waals surface area contributed by atoms with E-state index in [0.717, 1.165) is 6.07 Å². The molecule has 1 aromatic carbocycles. The lowest BCUT2D eigenvalue weighted by molar-refractivity contribution is -0.273.